The largest absolute Gasteiger partial charge is 0.490 e. The van der Waals surface area contributed by atoms with Gasteiger partial charge in [0.15, 0.2) is 5.75 Å². The van der Waals surface area contributed by atoms with Crippen LogP contribution in [0.25, 0.3) is 0 Å². The summed E-state index contributed by atoms with van der Waals surface area (Å²) in [5, 5.41) is 0.927. The number of halogens is 2. The molecule has 1 fully saturated rings. The van der Waals surface area contributed by atoms with Crippen LogP contribution in [0, 0.1) is 5.92 Å². The predicted octanol–water partition coefficient (Wildman–Crippen LogP) is 3.13. The van der Waals surface area contributed by atoms with Gasteiger partial charge >= 0.3 is 0 Å². The lowest BCUT2D eigenvalue weighted by atomic mass is 9.97. The molecule has 162 valence electrons. The van der Waals surface area contributed by atoms with E-state index in [1.807, 2.05) is 24.3 Å². The second-order valence-corrected chi connectivity index (χ2v) is 8.24. The molecule has 1 aliphatic rings. The highest BCUT2D eigenvalue weighted by Gasteiger charge is 2.29. The third-order valence-corrected chi connectivity index (χ3v) is 5.80. The second-order valence-electron chi connectivity index (χ2n) is 7.43. The number of carbonyl (C=O) groups is 1. The predicted molar refractivity (Wildman–Crippen MR) is 119 cm³/mol. The maximum absolute atomic E-state index is 11.6. The number of nitrogens with zero attached hydrogens (tertiary/aromatic N) is 1. The molecule has 0 aliphatic carbocycles. The molecule has 1 aliphatic heterocycles. The minimum absolute atomic E-state index is 0.137. The highest BCUT2D eigenvalue weighted by atomic mass is 35.5. The van der Waals surface area contributed by atoms with Crippen molar-refractivity contribution in [3.8, 4) is 11.5 Å². The maximum Gasteiger partial charge on any atom is 0.156 e. The van der Waals surface area contributed by atoms with Crippen LogP contribution in [0.15, 0.2) is 42.5 Å². The molecule has 3 unspecified atom stereocenters. The van der Waals surface area contributed by atoms with Crippen LogP contribution in [0.5, 0.6) is 11.5 Å². The number of likely N-dealkylation sites (tertiary alicyclic amines) is 1. The molecule has 1 saturated heterocycles. The number of para-hydroxylation sites is 1. The molecule has 1 heterocycles. The molecule has 3 atom stereocenters. The van der Waals surface area contributed by atoms with Gasteiger partial charge in [-0.05, 0) is 42.7 Å². The van der Waals surface area contributed by atoms with E-state index < -0.39 is 0 Å². The maximum atomic E-state index is 11.6. The Kier molecular flexibility index (Phi) is 8.36. The van der Waals surface area contributed by atoms with Crippen molar-refractivity contribution in [2.75, 3.05) is 26.3 Å². The molecule has 0 aromatic heterocycles. The van der Waals surface area contributed by atoms with Gasteiger partial charge in [0.1, 0.15) is 25.2 Å². The van der Waals surface area contributed by atoms with Crippen molar-refractivity contribution in [3.05, 3.63) is 58.1 Å². The van der Waals surface area contributed by atoms with Crippen LogP contribution in [0.3, 0.4) is 0 Å². The smallest absolute Gasteiger partial charge is 0.156 e. The lowest BCUT2D eigenvalue weighted by molar-refractivity contribution is -0.112. The van der Waals surface area contributed by atoms with Gasteiger partial charge in [-0.25, -0.2) is 0 Å². The molecule has 0 spiro atoms. The zero-order valence-corrected chi connectivity index (χ0v) is 18.2. The van der Waals surface area contributed by atoms with Crippen molar-refractivity contribution in [2.24, 2.45) is 17.4 Å². The Bertz CT molecular complexity index is 815. The van der Waals surface area contributed by atoms with Crippen LogP contribution in [-0.4, -0.2) is 49.7 Å². The zero-order valence-electron chi connectivity index (χ0n) is 16.7. The van der Waals surface area contributed by atoms with Crippen molar-refractivity contribution < 1.29 is 14.3 Å². The molecule has 0 amide bonds. The van der Waals surface area contributed by atoms with E-state index in [2.05, 4.69) is 4.90 Å². The quantitative estimate of drug-likeness (QED) is 0.425. The van der Waals surface area contributed by atoms with E-state index in [0.29, 0.717) is 41.2 Å². The van der Waals surface area contributed by atoms with Crippen LogP contribution < -0.4 is 20.9 Å². The van der Waals surface area contributed by atoms with Crippen LogP contribution in [0.4, 0.5) is 0 Å². The molecule has 3 rings (SSSR count). The van der Waals surface area contributed by atoms with Crippen LogP contribution in [0.2, 0.25) is 10.0 Å². The minimum Gasteiger partial charge on any atom is -0.490 e. The molecule has 8 heteroatoms. The molecule has 2 aromatic carbocycles. The van der Waals surface area contributed by atoms with Crippen molar-refractivity contribution in [2.45, 2.75) is 25.0 Å². The molecule has 0 bridgehead atoms. The first-order valence-electron chi connectivity index (χ1n) is 9.97. The van der Waals surface area contributed by atoms with Gasteiger partial charge in [0, 0.05) is 25.0 Å². The summed E-state index contributed by atoms with van der Waals surface area (Å²) in [6.07, 6.45) is 2.11. The monoisotopic (exact) mass is 451 g/mol. The summed E-state index contributed by atoms with van der Waals surface area (Å²) in [5.41, 5.74) is 13.3. The fourth-order valence-electron chi connectivity index (χ4n) is 3.52. The lowest BCUT2D eigenvalue weighted by Crippen LogP contribution is -2.48. The Labute approximate surface area is 187 Å². The van der Waals surface area contributed by atoms with Gasteiger partial charge in [0.2, 0.25) is 0 Å². The summed E-state index contributed by atoms with van der Waals surface area (Å²) in [5.74, 6) is 0.885. The molecule has 4 N–H and O–H groups in total. The Morgan fingerprint density at radius 1 is 1.10 bits per heavy atom. The SMILES string of the molecule is NC1CCN(C(N)C(C=O)Cc2ccc(OCCOc3c(Cl)cccc3Cl)cc2)C1. The van der Waals surface area contributed by atoms with E-state index >= 15 is 0 Å². The third kappa shape index (κ3) is 6.09. The highest BCUT2D eigenvalue weighted by molar-refractivity contribution is 6.37. The average molecular weight is 452 g/mol. The van der Waals surface area contributed by atoms with Crippen LogP contribution in [-0.2, 0) is 11.2 Å². The third-order valence-electron chi connectivity index (χ3n) is 5.20. The van der Waals surface area contributed by atoms with Gasteiger partial charge in [-0.15, -0.1) is 0 Å². The summed E-state index contributed by atoms with van der Waals surface area (Å²) in [6, 6.07) is 13.0. The molecule has 6 nitrogen and oxygen atoms in total. The summed E-state index contributed by atoms with van der Waals surface area (Å²) >= 11 is 12.1. The van der Waals surface area contributed by atoms with Gasteiger partial charge in [-0.2, -0.15) is 0 Å². The summed E-state index contributed by atoms with van der Waals surface area (Å²) < 4.78 is 11.3. The number of hydrogen-bond donors (Lipinski definition) is 2. The Morgan fingerprint density at radius 2 is 1.77 bits per heavy atom. The van der Waals surface area contributed by atoms with E-state index in [4.69, 9.17) is 44.1 Å². The average Bonchev–Trinajstić information content (AvgIpc) is 3.18. The summed E-state index contributed by atoms with van der Waals surface area (Å²) in [6.45, 7) is 2.23. The van der Waals surface area contributed by atoms with E-state index in [-0.39, 0.29) is 18.1 Å². The number of carbonyl (C=O) groups excluding carboxylic acids is 1. The summed E-state index contributed by atoms with van der Waals surface area (Å²) in [4.78, 5) is 13.7. The van der Waals surface area contributed by atoms with Crippen LogP contribution >= 0.6 is 23.2 Å². The highest BCUT2D eigenvalue weighted by Crippen LogP contribution is 2.32. The molecule has 2 aromatic rings. The van der Waals surface area contributed by atoms with Crippen molar-refractivity contribution in [1.82, 2.24) is 4.90 Å². The number of aldehydes is 1. The van der Waals surface area contributed by atoms with Gasteiger partial charge in [0.25, 0.3) is 0 Å². The Morgan fingerprint density at radius 3 is 2.37 bits per heavy atom. The van der Waals surface area contributed by atoms with Crippen molar-refractivity contribution in [1.29, 1.82) is 0 Å². The fraction of sp³-hybridized carbons (Fsp3) is 0.409. The number of benzene rings is 2. The lowest BCUT2D eigenvalue weighted by Gasteiger charge is -2.28. The van der Waals surface area contributed by atoms with Crippen LogP contribution in [0.1, 0.15) is 12.0 Å². The van der Waals surface area contributed by atoms with E-state index in [1.165, 1.54) is 0 Å². The normalized spacial score (nSPS) is 18.7. The van der Waals surface area contributed by atoms with E-state index in [0.717, 1.165) is 31.4 Å². The van der Waals surface area contributed by atoms with Gasteiger partial charge in [0.05, 0.1) is 16.2 Å². The first-order valence-corrected chi connectivity index (χ1v) is 10.7. The molecule has 0 radical (unpaired) electrons. The van der Waals surface area contributed by atoms with Crippen molar-refractivity contribution in [3.63, 3.8) is 0 Å². The Balaban J connectivity index is 1.46. The minimum atomic E-state index is -0.319. The summed E-state index contributed by atoms with van der Waals surface area (Å²) in [7, 11) is 0. The fourth-order valence-corrected chi connectivity index (χ4v) is 4.03. The first-order chi connectivity index (χ1) is 14.5. The van der Waals surface area contributed by atoms with Gasteiger partial charge < -0.3 is 25.7 Å². The molecule has 0 saturated carbocycles. The topological polar surface area (TPSA) is 90.8 Å². The molecular weight excluding hydrogens is 425 g/mol. The first kappa shape index (κ1) is 22.8. The number of hydrogen-bond acceptors (Lipinski definition) is 6. The molecule has 30 heavy (non-hydrogen) atoms. The van der Waals surface area contributed by atoms with Gasteiger partial charge in [-0.3, -0.25) is 4.90 Å². The standard InChI is InChI=1S/C22H27Cl2N3O3/c23-19-2-1-3-20(24)21(19)30-11-10-29-18-6-4-15(5-7-18)12-16(14-28)22(26)27-9-8-17(25)13-27/h1-7,14,16-17,22H,8-13,25-26H2. The number of nitrogens with two attached hydrogens (primary N) is 2. The number of ether oxygens (including phenoxy) is 2. The van der Waals surface area contributed by atoms with Gasteiger partial charge in [-0.1, -0.05) is 41.4 Å². The molecular formula is C22H27Cl2N3O3. The number of rotatable bonds is 10. The van der Waals surface area contributed by atoms with E-state index in [9.17, 15) is 4.79 Å². The second kappa shape index (κ2) is 11.0. The zero-order chi connectivity index (χ0) is 21.5. The van der Waals surface area contributed by atoms with E-state index in [1.54, 1.807) is 18.2 Å². The Hall–Kier alpha value is -1.83. The van der Waals surface area contributed by atoms with Crippen molar-refractivity contribution >= 4 is 29.5 Å².